The number of aromatic nitrogens is 4. The normalized spacial score (nSPS) is 17.9. The fourth-order valence-electron chi connectivity index (χ4n) is 4.57. The minimum absolute atomic E-state index is 0.197. The minimum atomic E-state index is -0.672. The molecule has 4 aromatic rings. The van der Waals surface area contributed by atoms with E-state index in [1.54, 1.807) is 6.20 Å². The van der Waals surface area contributed by atoms with E-state index in [1.807, 2.05) is 42.6 Å². The van der Waals surface area contributed by atoms with E-state index < -0.39 is 11.9 Å². The zero-order valence-electron chi connectivity index (χ0n) is 20.3. The van der Waals surface area contributed by atoms with Gasteiger partial charge in [-0.1, -0.05) is 26.0 Å². The molecule has 1 fully saturated rings. The van der Waals surface area contributed by atoms with E-state index >= 15 is 0 Å². The highest BCUT2D eigenvalue weighted by atomic mass is 19.1. The van der Waals surface area contributed by atoms with Gasteiger partial charge in [0.05, 0.1) is 30.5 Å². The molecule has 1 saturated heterocycles. The van der Waals surface area contributed by atoms with Crippen LogP contribution in [0.1, 0.15) is 37.3 Å². The summed E-state index contributed by atoms with van der Waals surface area (Å²) in [6, 6.07) is 11.1. The van der Waals surface area contributed by atoms with Crippen LogP contribution in [0, 0.1) is 5.82 Å². The van der Waals surface area contributed by atoms with Crippen LogP contribution in [0.5, 0.6) is 0 Å². The minimum Gasteiger partial charge on any atom is -0.389 e. The molecule has 2 atom stereocenters. The molecule has 8 nitrogen and oxygen atoms in total. The third kappa shape index (κ3) is 5.12. The Hall–Kier alpha value is -3.69. The van der Waals surface area contributed by atoms with E-state index in [4.69, 9.17) is 4.74 Å². The van der Waals surface area contributed by atoms with Crippen LogP contribution in [0.25, 0.3) is 22.2 Å². The number of pyridine rings is 2. The summed E-state index contributed by atoms with van der Waals surface area (Å²) < 4.78 is 20.2. The Kier molecular flexibility index (Phi) is 7.02. The molecule has 0 unspecified atom stereocenters. The second-order valence-electron chi connectivity index (χ2n) is 9.22. The average Bonchev–Trinajstić information content (AvgIpc) is 2.89. The van der Waals surface area contributed by atoms with E-state index in [-0.39, 0.29) is 30.2 Å². The number of ether oxygens (including phenoxy) is 1. The second-order valence-corrected chi connectivity index (χ2v) is 9.22. The maximum absolute atomic E-state index is 14.9. The Labute approximate surface area is 209 Å². The molecule has 1 aromatic carbocycles. The van der Waals surface area contributed by atoms with Crippen molar-refractivity contribution in [3.8, 4) is 11.3 Å². The lowest BCUT2D eigenvalue weighted by Crippen LogP contribution is -2.42. The number of aliphatic hydroxyl groups is 1. The number of hydrogen-bond acceptors (Lipinski definition) is 8. The van der Waals surface area contributed by atoms with Crippen molar-refractivity contribution < 1.29 is 14.2 Å². The molecule has 0 radical (unpaired) electrons. The molecule has 1 aliphatic rings. The van der Waals surface area contributed by atoms with Crippen LogP contribution in [0.2, 0.25) is 0 Å². The third-order valence-electron chi connectivity index (χ3n) is 6.35. The number of nitrogens with one attached hydrogen (secondary N) is 2. The highest BCUT2D eigenvalue weighted by Gasteiger charge is 2.25. The van der Waals surface area contributed by atoms with Crippen molar-refractivity contribution in [2.75, 3.05) is 23.8 Å². The summed E-state index contributed by atoms with van der Waals surface area (Å²) in [6.45, 7) is 5.63. The van der Waals surface area contributed by atoms with Crippen LogP contribution >= 0.6 is 0 Å². The first-order chi connectivity index (χ1) is 17.5. The van der Waals surface area contributed by atoms with Gasteiger partial charge in [0.2, 0.25) is 5.95 Å². The first-order valence-electron chi connectivity index (χ1n) is 12.1. The smallest absolute Gasteiger partial charge is 0.223 e. The summed E-state index contributed by atoms with van der Waals surface area (Å²) in [5.74, 6) is 0.764. The number of hydrogen-bond donors (Lipinski definition) is 3. The Morgan fingerprint density at radius 1 is 1.14 bits per heavy atom. The predicted molar refractivity (Wildman–Crippen MR) is 137 cm³/mol. The average molecular weight is 489 g/mol. The zero-order chi connectivity index (χ0) is 25.1. The Morgan fingerprint density at radius 2 is 2.03 bits per heavy atom. The fourth-order valence-corrected chi connectivity index (χ4v) is 4.57. The van der Waals surface area contributed by atoms with Gasteiger partial charge < -0.3 is 20.5 Å². The summed E-state index contributed by atoms with van der Waals surface area (Å²) in [5.41, 5.74) is 3.86. The van der Waals surface area contributed by atoms with Crippen molar-refractivity contribution in [3.63, 3.8) is 0 Å². The topological polar surface area (TPSA) is 105 Å². The lowest BCUT2D eigenvalue weighted by molar-refractivity contribution is -0.0136. The molecule has 0 saturated carbocycles. The molecule has 5 rings (SSSR count). The molecule has 3 N–H and O–H groups in total. The highest BCUT2D eigenvalue weighted by Crippen LogP contribution is 2.32. The van der Waals surface area contributed by atoms with E-state index in [2.05, 4.69) is 44.4 Å². The Bertz CT molecular complexity index is 1350. The summed E-state index contributed by atoms with van der Waals surface area (Å²) >= 11 is 0. The van der Waals surface area contributed by atoms with Crippen molar-refractivity contribution in [2.45, 2.75) is 44.9 Å². The first kappa shape index (κ1) is 24.0. The molecule has 9 heteroatoms. The van der Waals surface area contributed by atoms with Gasteiger partial charge in [0.15, 0.2) is 5.82 Å². The molecule has 1 aliphatic heterocycles. The number of halogens is 1. The van der Waals surface area contributed by atoms with Gasteiger partial charge in [-0.05, 0) is 47.7 Å². The van der Waals surface area contributed by atoms with E-state index in [1.165, 1.54) is 0 Å². The van der Waals surface area contributed by atoms with Crippen LogP contribution in [-0.2, 0) is 11.3 Å². The number of fused-ring (bicyclic) bond motifs is 1. The first-order valence-corrected chi connectivity index (χ1v) is 12.1. The molecule has 36 heavy (non-hydrogen) atoms. The van der Waals surface area contributed by atoms with Crippen LogP contribution in [0.3, 0.4) is 0 Å². The van der Waals surface area contributed by atoms with Crippen LogP contribution in [-0.4, -0.2) is 50.4 Å². The van der Waals surface area contributed by atoms with Crippen molar-refractivity contribution in [3.05, 3.63) is 71.9 Å². The van der Waals surface area contributed by atoms with Gasteiger partial charge in [0, 0.05) is 36.5 Å². The van der Waals surface area contributed by atoms with Gasteiger partial charge in [0.1, 0.15) is 11.5 Å². The molecule has 186 valence electrons. The van der Waals surface area contributed by atoms with E-state index in [0.29, 0.717) is 25.1 Å². The second kappa shape index (κ2) is 10.5. The Morgan fingerprint density at radius 3 is 2.81 bits per heavy atom. The summed E-state index contributed by atoms with van der Waals surface area (Å²) in [4.78, 5) is 17.5. The number of rotatable bonds is 7. The van der Waals surface area contributed by atoms with Gasteiger partial charge in [-0.3, -0.25) is 4.98 Å². The largest absolute Gasteiger partial charge is 0.389 e. The maximum Gasteiger partial charge on any atom is 0.223 e. The van der Waals surface area contributed by atoms with Crippen molar-refractivity contribution in [2.24, 2.45) is 0 Å². The molecule has 0 amide bonds. The van der Waals surface area contributed by atoms with Gasteiger partial charge >= 0.3 is 0 Å². The maximum atomic E-state index is 14.9. The van der Waals surface area contributed by atoms with E-state index in [9.17, 15) is 9.50 Å². The molecule has 0 spiro atoms. The summed E-state index contributed by atoms with van der Waals surface area (Å²) in [5, 5.41) is 17.6. The van der Waals surface area contributed by atoms with Crippen molar-refractivity contribution in [1.29, 1.82) is 0 Å². The molecular weight excluding hydrogens is 459 g/mol. The van der Waals surface area contributed by atoms with Crippen LogP contribution in [0.4, 0.5) is 16.2 Å². The fraction of sp³-hybridized carbons (Fsp3) is 0.333. The van der Waals surface area contributed by atoms with E-state index in [0.717, 1.165) is 34.0 Å². The van der Waals surface area contributed by atoms with Crippen molar-refractivity contribution in [1.82, 2.24) is 19.9 Å². The molecule has 0 aliphatic carbocycles. The standard InChI is InChI=1S/C27H29FN6O2/c1-16(2)25-18(13-31-24-5-3-4-9-29-24)12-30-21-7-6-17(11-19(21)25)26-20(28)14-32-27(34-26)33-22-8-10-36-15-23(22)35/h3-7,9,11-12,14,16,22-23,35H,8,10,13,15H2,1-2H3,(H,29,31)(H,32,33,34)/t22-,23-/m1/s1. The van der Waals surface area contributed by atoms with Gasteiger partial charge in [-0.2, -0.15) is 0 Å². The zero-order valence-corrected chi connectivity index (χ0v) is 20.3. The molecule has 4 heterocycles. The van der Waals surface area contributed by atoms with Gasteiger partial charge in [-0.25, -0.2) is 19.3 Å². The summed E-state index contributed by atoms with van der Waals surface area (Å²) in [6.07, 6.45) is 4.74. The quantitative estimate of drug-likeness (QED) is 0.349. The SMILES string of the molecule is CC(C)c1c(CNc2ccccn2)cnc2ccc(-c3nc(N[C@@H]4CCOC[C@H]4O)ncc3F)cc12. The predicted octanol–water partition coefficient (Wildman–Crippen LogP) is 4.52. The van der Waals surface area contributed by atoms with Gasteiger partial charge in [0.25, 0.3) is 0 Å². The lowest BCUT2D eigenvalue weighted by atomic mass is 9.92. The molecule has 0 bridgehead atoms. The Balaban J connectivity index is 1.49. The number of anilines is 2. The summed E-state index contributed by atoms with van der Waals surface area (Å²) in [7, 11) is 0. The number of nitrogens with zero attached hydrogens (tertiary/aromatic N) is 4. The van der Waals surface area contributed by atoms with Crippen LogP contribution < -0.4 is 10.6 Å². The lowest BCUT2D eigenvalue weighted by Gasteiger charge is -2.28. The van der Waals surface area contributed by atoms with Gasteiger partial charge in [-0.15, -0.1) is 0 Å². The third-order valence-corrected chi connectivity index (χ3v) is 6.35. The molecular formula is C27H29FN6O2. The molecule has 3 aromatic heterocycles. The monoisotopic (exact) mass is 488 g/mol. The number of benzene rings is 1. The number of aliphatic hydroxyl groups excluding tert-OH is 1. The van der Waals surface area contributed by atoms with Crippen LogP contribution in [0.15, 0.2) is 55.0 Å². The van der Waals surface area contributed by atoms with Crippen molar-refractivity contribution >= 4 is 22.7 Å². The highest BCUT2D eigenvalue weighted by molar-refractivity contribution is 5.88.